The minimum atomic E-state index is -6.01. The zero-order valence-electron chi connectivity index (χ0n) is 10.9. The van der Waals surface area contributed by atoms with E-state index in [4.69, 9.17) is 5.11 Å². The van der Waals surface area contributed by atoms with Gasteiger partial charge in [-0.3, -0.25) is 0 Å². The fourth-order valence-corrected chi connectivity index (χ4v) is 2.42. The Balaban J connectivity index is 3.20. The molecule has 1 aromatic rings. The lowest BCUT2D eigenvalue weighted by Gasteiger charge is -2.28. The third kappa shape index (κ3) is 3.94. The van der Waals surface area contributed by atoms with Crippen LogP contribution in [0.3, 0.4) is 0 Å². The SMILES string of the molecule is CC[C@@](Cc1ccccc1)(OS(=O)(=O)C(F)(F)F)C(=O)O. The van der Waals surface area contributed by atoms with Crippen molar-refractivity contribution >= 4 is 16.1 Å². The van der Waals surface area contributed by atoms with Gasteiger partial charge in [-0.25, -0.2) is 8.98 Å². The number of hydrogen-bond donors (Lipinski definition) is 1. The van der Waals surface area contributed by atoms with Crippen molar-refractivity contribution in [3.63, 3.8) is 0 Å². The highest BCUT2D eigenvalue weighted by molar-refractivity contribution is 7.87. The second kappa shape index (κ2) is 6.02. The summed E-state index contributed by atoms with van der Waals surface area (Å²) in [5.74, 6) is -1.78. The van der Waals surface area contributed by atoms with E-state index in [-0.39, 0.29) is 0 Å². The lowest BCUT2D eigenvalue weighted by Crippen LogP contribution is -2.47. The minimum absolute atomic E-state index is 0.346. The molecule has 1 rings (SSSR count). The Kier molecular flexibility index (Phi) is 5.00. The first-order valence-corrected chi connectivity index (χ1v) is 7.24. The number of aliphatic carboxylic acids is 1. The number of halogens is 3. The van der Waals surface area contributed by atoms with Crippen molar-refractivity contribution in [2.45, 2.75) is 30.9 Å². The predicted molar refractivity (Wildman–Crippen MR) is 66.9 cm³/mol. The van der Waals surface area contributed by atoms with Crippen LogP contribution >= 0.6 is 0 Å². The first-order valence-electron chi connectivity index (χ1n) is 5.83. The highest BCUT2D eigenvalue weighted by Gasteiger charge is 2.54. The summed E-state index contributed by atoms with van der Waals surface area (Å²) in [6, 6.07) is 7.67. The molecule has 0 aromatic heterocycles. The van der Waals surface area contributed by atoms with Gasteiger partial charge in [0.05, 0.1) is 0 Å². The first-order chi connectivity index (χ1) is 9.54. The van der Waals surface area contributed by atoms with Crippen LogP contribution < -0.4 is 0 Å². The van der Waals surface area contributed by atoms with Crippen molar-refractivity contribution < 1.29 is 35.7 Å². The summed E-state index contributed by atoms with van der Waals surface area (Å²) in [5, 5.41) is 9.16. The van der Waals surface area contributed by atoms with Crippen LogP contribution in [-0.4, -0.2) is 30.6 Å². The Bertz CT molecular complexity index is 597. The molecule has 0 saturated carbocycles. The third-order valence-electron chi connectivity index (χ3n) is 2.85. The average molecular weight is 326 g/mol. The first kappa shape index (κ1) is 17.4. The molecule has 0 aliphatic carbocycles. The van der Waals surface area contributed by atoms with E-state index < -0.39 is 40.0 Å². The minimum Gasteiger partial charge on any atom is -0.479 e. The Morgan fingerprint density at radius 3 is 2.14 bits per heavy atom. The van der Waals surface area contributed by atoms with E-state index in [1.54, 1.807) is 18.2 Å². The van der Waals surface area contributed by atoms with Crippen LogP contribution in [0.2, 0.25) is 0 Å². The Hall–Kier alpha value is -1.61. The molecule has 0 bridgehead atoms. The van der Waals surface area contributed by atoms with Gasteiger partial charge in [-0.2, -0.15) is 21.6 Å². The van der Waals surface area contributed by atoms with Crippen molar-refractivity contribution in [1.29, 1.82) is 0 Å². The highest BCUT2D eigenvalue weighted by atomic mass is 32.2. The molecule has 1 aromatic carbocycles. The number of benzene rings is 1. The summed E-state index contributed by atoms with van der Waals surface area (Å²) < 4.78 is 63.5. The number of carbonyl (C=O) groups is 1. The standard InChI is InChI=1S/C12H13F3O5S/c1-2-11(10(16)17,8-9-6-4-3-5-7-9)20-21(18,19)12(13,14)15/h3-7H,2,8H2,1H3,(H,16,17)/t11-/m0/s1. The molecule has 0 aliphatic heterocycles. The number of hydrogen-bond acceptors (Lipinski definition) is 4. The number of carboxylic acid groups (broad SMARTS) is 1. The van der Waals surface area contributed by atoms with Gasteiger partial charge in [-0.1, -0.05) is 37.3 Å². The molecule has 1 atom stereocenters. The molecule has 9 heteroatoms. The largest absolute Gasteiger partial charge is 0.523 e. The van der Waals surface area contributed by atoms with Gasteiger partial charge in [-0.15, -0.1) is 0 Å². The van der Waals surface area contributed by atoms with Gasteiger partial charge in [0.15, 0.2) is 5.60 Å². The van der Waals surface area contributed by atoms with Crippen LogP contribution in [0.4, 0.5) is 13.2 Å². The number of carboxylic acids is 1. The molecule has 1 N–H and O–H groups in total. The molecule has 0 unspecified atom stereocenters. The summed E-state index contributed by atoms with van der Waals surface area (Å²) in [5.41, 5.74) is -7.84. The maximum Gasteiger partial charge on any atom is 0.523 e. The van der Waals surface area contributed by atoms with E-state index in [1.807, 2.05) is 0 Å². The lowest BCUT2D eigenvalue weighted by molar-refractivity contribution is -0.156. The van der Waals surface area contributed by atoms with E-state index in [0.29, 0.717) is 5.56 Å². The molecule has 0 heterocycles. The summed E-state index contributed by atoms with van der Waals surface area (Å²) in [7, 11) is -6.01. The van der Waals surface area contributed by atoms with E-state index in [9.17, 15) is 26.4 Å². The molecular weight excluding hydrogens is 313 g/mol. The second-order valence-electron chi connectivity index (χ2n) is 4.30. The number of rotatable bonds is 6. The molecule has 0 radical (unpaired) electrons. The molecular formula is C12H13F3O5S. The van der Waals surface area contributed by atoms with E-state index >= 15 is 0 Å². The van der Waals surface area contributed by atoms with Crippen LogP contribution in [0.25, 0.3) is 0 Å². The Morgan fingerprint density at radius 2 is 1.76 bits per heavy atom. The fraction of sp³-hybridized carbons (Fsp3) is 0.417. The van der Waals surface area contributed by atoms with Gasteiger partial charge in [0.2, 0.25) is 0 Å². The summed E-state index contributed by atoms with van der Waals surface area (Å²) in [4.78, 5) is 11.3. The highest BCUT2D eigenvalue weighted by Crippen LogP contribution is 2.32. The van der Waals surface area contributed by atoms with Crippen LogP contribution in [0.1, 0.15) is 18.9 Å². The van der Waals surface area contributed by atoms with Gasteiger partial charge in [0.1, 0.15) is 0 Å². The molecule has 0 aliphatic rings. The topological polar surface area (TPSA) is 80.7 Å². The van der Waals surface area contributed by atoms with Crippen molar-refractivity contribution in [2.75, 3.05) is 0 Å². The van der Waals surface area contributed by atoms with Gasteiger partial charge in [0, 0.05) is 6.42 Å². The molecule has 0 amide bonds. The van der Waals surface area contributed by atoms with Crippen molar-refractivity contribution in [2.24, 2.45) is 0 Å². The smallest absolute Gasteiger partial charge is 0.479 e. The molecule has 118 valence electrons. The van der Waals surface area contributed by atoms with Crippen LogP contribution in [0.5, 0.6) is 0 Å². The second-order valence-corrected chi connectivity index (χ2v) is 5.84. The lowest BCUT2D eigenvalue weighted by atomic mass is 9.92. The summed E-state index contributed by atoms with van der Waals surface area (Å²) >= 11 is 0. The van der Waals surface area contributed by atoms with E-state index in [1.165, 1.54) is 19.1 Å². The Labute approximate surface area is 119 Å². The van der Waals surface area contributed by atoms with Crippen LogP contribution in [-0.2, 0) is 25.5 Å². The average Bonchev–Trinajstić information content (AvgIpc) is 2.37. The summed E-state index contributed by atoms with van der Waals surface area (Å²) in [6.07, 6.45) is -0.957. The van der Waals surface area contributed by atoms with Crippen LogP contribution in [0.15, 0.2) is 30.3 Å². The third-order valence-corrected chi connectivity index (χ3v) is 3.95. The molecule has 5 nitrogen and oxygen atoms in total. The normalized spacial score (nSPS) is 15.4. The zero-order valence-corrected chi connectivity index (χ0v) is 11.7. The predicted octanol–water partition coefficient (Wildman–Crippen LogP) is 2.33. The molecule has 21 heavy (non-hydrogen) atoms. The van der Waals surface area contributed by atoms with Gasteiger partial charge >= 0.3 is 21.6 Å². The van der Waals surface area contributed by atoms with Crippen molar-refractivity contribution in [3.05, 3.63) is 35.9 Å². The Morgan fingerprint density at radius 1 is 1.24 bits per heavy atom. The van der Waals surface area contributed by atoms with Crippen molar-refractivity contribution in [1.82, 2.24) is 0 Å². The number of alkyl halides is 3. The monoisotopic (exact) mass is 326 g/mol. The quantitative estimate of drug-likeness (QED) is 0.641. The molecule has 0 fully saturated rings. The van der Waals surface area contributed by atoms with Crippen LogP contribution in [0, 0.1) is 0 Å². The molecule has 0 spiro atoms. The zero-order chi connectivity index (χ0) is 16.3. The summed E-state index contributed by atoms with van der Waals surface area (Å²) in [6.45, 7) is 1.24. The van der Waals surface area contributed by atoms with Gasteiger partial charge in [-0.05, 0) is 12.0 Å². The maximum absolute atomic E-state index is 12.4. The van der Waals surface area contributed by atoms with Crippen molar-refractivity contribution in [3.8, 4) is 0 Å². The fourth-order valence-electron chi connectivity index (χ4n) is 1.66. The van der Waals surface area contributed by atoms with Gasteiger partial charge in [0.25, 0.3) is 0 Å². The van der Waals surface area contributed by atoms with E-state index in [0.717, 1.165) is 0 Å². The molecule has 0 saturated heterocycles. The maximum atomic E-state index is 12.4. The van der Waals surface area contributed by atoms with E-state index in [2.05, 4.69) is 4.18 Å². The van der Waals surface area contributed by atoms with Gasteiger partial charge < -0.3 is 5.11 Å².